The van der Waals surface area contributed by atoms with Crippen LogP contribution in [0.25, 0.3) is 0 Å². The van der Waals surface area contributed by atoms with E-state index in [1.54, 1.807) is 0 Å². The number of carboxylic acid groups (broad SMARTS) is 3. The Balaban J connectivity index is -0.000000720. The van der Waals surface area contributed by atoms with Gasteiger partial charge < -0.3 is 20.4 Å². The zero-order valence-electron chi connectivity index (χ0n) is 7.84. The smallest absolute Gasteiger partial charge is 0.336 e. The summed E-state index contributed by atoms with van der Waals surface area (Å²) in [4.78, 5) is 30.5. The van der Waals surface area contributed by atoms with Crippen molar-refractivity contribution in [3.8, 4) is 0 Å². The molecule has 4 N–H and O–H groups in total. The fourth-order valence-corrected chi connectivity index (χ4v) is 0.714. The molecule has 0 unspecified atom stereocenters. The van der Waals surface area contributed by atoms with E-state index in [0.29, 0.717) is 0 Å². The van der Waals surface area contributed by atoms with Gasteiger partial charge in [-0.05, 0) is 0 Å². The monoisotopic (exact) mass is 399 g/mol. The van der Waals surface area contributed by atoms with Crippen molar-refractivity contribution in [2.24, 2.45) is 0 Å². The maximum Gasteiger partial charge on any atom is 0.336 e. The summed E-state index contributed by atoms with van der Waals surface area (Å²) in [7, 11) is 0. The first-order valence-electron chi connectivity index (χ1n) is 3.17. The quantitative estimate of drug-likeness (QED) is 0.408. The molecular weight excluding hydrogens is 391 g/mol. The summed E-state index contributed by atoms with van der Waals surface area (Å²) in [5.41, 5.74) is -2.74. The third-order valence-corrected chi connectivity index (χ3v) is 1.29. The molecule has 0 spiro atoms. The Morgan fingerprint density at radius 1 is 0.933 bits per heavy atom. The zero-order chi connectivity index (χ0) is 10.6. The average Bonchev–Trinajstić information content (AvgIpc) is 1.82. The minimum Gasteiger partial charge on any atom is -0.481 e. The third-order valence-electron chi connectivity index (χ3n) is 1.29. The van der Waals surface area contributed by atoms with Crippen molar-refractivity contribution in [3.63, 3.8) is 0 Å². The van der Waals surface area contributed by atoms with Gasteiger partial charge in [0.05, 0.1) is 12.8 Å². The Kier molecular flexibility index (Phi) is 11.2. The largest absolute Gasteiger partial charge is 0.481 e. The van der Waals surface area contributed by atoms with Crippen molar-refractivity contribution in [2.75, 3.05) is 0 Å². The van der Waals surface area contributed by atoms with Gasteiger partial charge in [-0.3, -0.25) is 9.59 Å². The molecule has 0 fully saturated rings. The van der Waals surface area contributed by atoms with Crippen molar-refractivity contribution in [3.05, 3.63) is 0 Å². The maximum absolute atomic E-state index is 10.3. The van der Waals surface area contributed by atoms with E-state index in [2.05, 4.69) is 0 Å². The molecule has 9 heteroatoms. The van der Waals surface area contributed by atoms with Crippen molar-refractivity contribution >= 4 is 47.5 Å². The van der Waals surface area contributed by atoms with E-state index < -0.39 is 36.4 Å². The van der Waals surface area contributed by atoms with Gasteiger partial charge in [0.25, 0.3) is 0 Å². The standard InChI is InChI=1S/C6H8O7.Na.W/c7-3(8)1-6(13,5(11)12)2-4(9)10;;/h13H,1-2H2,(H,7,8)(H,9,10)(H,11,12);;. The second-order valence-corrected chi connectivity index (χ2v) is 2.48. The van der Waals surface area contributed by atoms with Gasteiger partial charge in [-0.2, -0.15) is 0 Å². The van der Waals surface area contributed by atoms with Crippen LogP contribution in [0.5, 0.6) is 0 Å². The van der Waals surface area contributed by atoms with Crippen molar-refractivity contribution < 1.29 is 55.9 Å². The van der Waals surface area contributed by atoms with E-state index in [4.69, 9.17) is 20.4 Å². The first-order valence-corrected chi connectivity index (χ1v) is 3.17. The summed E-state index contributed by atoms with van der Waals surface area (Å²) in [5, 5.41) is 33.8. The van der Waals surface area contributed by atoms with Gasteiger partial charge >= 0.3 is 17.9 Å². The molecule has 0 aliphatic heterocycles. The van der Waals surface area contributed by atoms with Crippen LogP contribution in [0.1, 0.15) is 12.8 Å². The predicted octanol–water partition coefficient (Wildman–Crippen LogP) is -1.63. The molecule has 0 aliphatic carbocycles. The van der Waals surface area contributed by atoms with Crippen molar-refractivity contribution in [2.45, 2.75) is 18.4 Å². The van der Waals surface area contributed by atoms with Crippen LogP contribution in [0.15, 0.2) is 0 Å². The topological polar surface area (TPSA) is 132 Å². The number of carbonyl (C=O) groups is 3. The summed E-state index contributed by atoms with van der Waals surface area (Å²) < 4.78 is 0. The van der Waals surface area contributed by atoms with Crippen LogP contribution in [0.2, 0.25) is 0 Å². The molecule has 0 bridgehead atoms. The van der Waals surface area contributed by atoms with Gasteiger partial charge in [0.2, 0.25) is 0 Å². The molecule has 0 aliphatic rings. The number of aliphatic carboxylic acids is 3. The van der Waals surface area contributed by atoms with E-state index in [1.807, 2.05) is 0 Å². The summed E-state index contributed by atoms with van der Waals surface area (Å²) >= 11 is 0. The molecule has 0 aromatic carbocycles. The van der Waals surface area contributed by atoms with Crippen LogP contribution in [-0.2, 0) is 35.4 Å². The van der Waals surface area contributed by atoms with Crippen LogP contribution >= 0.6 is 0 Å². The van der Waals surface area contributed by atoms with Crippen LogP contribution < -0.4 is 0 Å². The molecule has 15 heavy (non-hydrogen) atoms. The molecular formula is C6H8NaO7W. The summed E-state index contributed by atoms with van der Waals surface area (Å²) in [6, 6.07) is 0. The van der Waals surface area contributed by atoms with E-state index in [0.717, 1.165) is 0 Å². The van der Waals surface area contributed by atoms with Crippen LogP contribution in [0.3, 0.4) is 0 Å². The fraction of sp³-hybridized carbons (Fsp3) is 0.500. The van der Waals surface area contributed by atoms with Gasteiger partial charge in [0.15, 0.2) is 5.60 Å². The van der Waals surface area contributed by atoms with Gasteiger partial charge in [0.1, 0.15) is 0 Å². The molecule has 0 saturated carbocycles. The van der Waals surface area contributed by atoms with Gasteiger partial charge in [-0.25, -0.2) is 4.79 Å². The number of hydrogen-bond acceptors (Lipinski definition) is 4. The molecule has 0 saturated heterocycles. The summed E-state index contributed by atoms with van der Waals surface area (Å²) in [5.74, 6) is -5.02. The van der Waals surface area contributed by atoms with Crippen LogP contribution in [0.4, 0.5) is 0 Å². The molecule has 1 radical (unpaired) electrons. The molecule has 0 aromatic heterocycles. The Morgan fingerprint density at radius 2 is 1.20 bits per heavy atom. The number of carboxylic acids is 3. The first kappa shape index (κ1) is 20.5. The van der Waals surface area contributed by atoms with Crippen LogP contribution in [-0.4, -0.2) is 73.5 Å². The molecule has 0 aromatic rings. The second kappa shape index (κ2) is 8.24. The van der Waals surface area contributed by atoms with Gasteiger partial charge in [-0.1, -0.05) is 0 Å². The maximum atomic E-state index is 10.3. The third kappa shape index (κ3) is 7.93. The molecule has 0 amide bonds. The molecule has 0 atom stereocenters. The molecule has 7 nitrogen and oxygen atoms in total. The Bertz CT molecular complexity index is 238. The SMILES string of the molecule is O=C(O)CC(O)(CC(=O)O)C(=O)O.[Na].[W]. The Hall–Kier alpha value is 0.0583. The minimum absolute atomic E-state index is 0. The minimum atomic E-state index is -2.74. The number of aliphatic hydroxyl groups is 1. The van der Waals surface area contributed by atoms with Crippen molar-refractivity contribution in [1.29, 1.82) is 0 Å². The molecule has 81 valence electrons. The van der Waals surface area contributed by atoms with Crippen LogP contribution in [0, 0.1) is 0 Å². The van der Waals surface area contributed by atoms with Crippen molar-refractivity contribution in [1.82, 2.24) is 0 Å². The first-order chi connectivity index (χ1) is 5.78. The van der Waals surface area contributed by atoms with Gasteiger partial charge in [-0.15, -0.1) is 0 Å². The number of hydrogen-bond donors (Lipinski definition) is 4. The van der Waals surface area contributed by atoms with E-state index >= 15 is 0 Å². The average molecular weight is 399 g/mol. The Labute approximate surface area is 121 Å². The molecule has 0 heterocycles. The second-order valence-electron chi connectivity index (χ2n) is 2.48. The van der Waals surface area contributed by atoms with Gasteiger partial charge in [0, 0.05) is 50.6 Å². The number of rotatable bonds is 5. The summed E-state index contributed by atoms with van der Waals surface area (Å²) in [6.07, 6.45) is -2.29. The van der Waals surface area contributed by atoms with E-state index in [1.165, 1.54) is 0 Å². The zero-order valence-corrected chi connectivity index (χ0v) is 12.8. The fourth-order valence-electron chi connectivity index (χ4n) is 0.714. The predicted molar refractivity (Wildman–Crippen MR) is 42.8 cm³/mol. The molecule has 0 rings (SSSR count). The Morgan fingerprint density at radius 3 is 1.33 bits per heavy atom. The normalized spacial score (nSPS) is 9.40. The summed E-state index contributed by atoms with van der Waals surface area (Å²) in [6.45, 7) is 0. The van der Waals surface area contributed by atoms with E-state index in [-0.39, 0.29) is 50.6 Å². The van der Waals surface area contributed by atoms with E-state index in [9.17, 15) is 14.4 Å².